The fraction of sp³-hybridized carbons (Fsp3) is 0.583. The van der Waals surface area contributed by atoms with Gasteiger partial charge in [-0.05, 0) is 6.92 Å². The molecular formula is C12H16N4O2S. The molecule has 0 N–H and O–H groups in total. The summed E-state index contributed by atoms with van der Waals surface area (Å²) in [5.41, 5.74) is 0. The number of aryl methyl sites for hydroxylation is 1. The Morgan fingerprint density at radius 2 is 2.37 bits per heavy atom. The van der Waals surface area contributed by atoms with E-state index in [1.54, 1.807) is 18.3 Å². The van der Waals surface area contributed by atoms with Gasteiger partial charge in [0, 0.05) is 31.6 Å². The lowest BCUT2D eigenvalue weighted by Crippen LogP contribution is -2.39. The van der Waals surface area contributed by atoms with Gasteiger partial charge >= 0.3 is 0 Å². The monoisotopic (exact) mass is 280 g/mol. The predicted octanol–water partition coefficient (Wildman–Crippen LogP) is 1.97. The summed E-state index contributed by atoms with van der Waals surface area (Å²) in [4.78, 5) is 6.62. The zero-order valence-electron chi connectivity index (χ0n) is 10.9. The molecule has 0 unspecified atom stereocenters. The number of thiazole rings is 1. The Hall–Kier alpha value is -1.31. The van der Waals surface area contributed by atoms with Crippen LogP contribution in [0.5, 0.6) is 0 Å². The molecule has 19 heavy (non-hydrogen) atoms. The second kappa shape index (κ2) is 5.36. The van der Waals surface area contributed by atoms with Gasteiger partial charge < -0.3 is 9.15 Å². The van der Waals surface area contributed by atoms with Gasteiger partial charge in [-0.2, -0.15) is 0 Å². The van der Waals surface area contributed by atoms with Crippen molar-refractivity contribution in [3.8, 4) is 0 Å². The topological polar surface area (TPSA) is 64.3 Å². The quantitative estimate of drug-likeness (QED) is 0.856. The van der Waals surface area contributed by atoms with Crippen molar-refractivity contribution >= 4 is 11.3 Å². The van der Waals surface area contributed by atoms with Crippen LogP contribution in [0.15, 0.2) is 16.0 Å². The van der Waals surface area contributed by atoms with Crippen molar-refractivity contribution < 1.29 is 9.15 Å². The molecule has 0 amide bonds. The van der Waals surface area contributed by atoms with Gasteiger partial charge in [-0.25, -0.2) is 4.98 Å². The highest BCUT2D eigenvalue weighted by Crippen LogP contribution is 2.28. The molecule has 2 aromatic heterocycles. The largest absolute Gasteiger partial charge is 0.424 e. The van der Waals surface area contributed by atoms with Crippen molar-refractivity contribution in [3.05, 3.63) is 28.4 Å². The van der Waals surface area contributed by atoms with Crippen LogP contribution in [0, 0.1) is 6.92 Å². The molecule has 1 aliphatic heterocycles. The molecule has 1 aliphatic rings. The van der Waals surface area contributed by atoms with E-state index in [1.807, 2.05) is 11.6 Å². The molecule has 2 aromatic rings. The summed E-state index contributed by atoms with van der Waals surface area (Å²) in [7, 11) is 0. The second-order valence-electron chi connectivity index (χ2n) is 4.56. The standard InChI is InChI=1S/C12H16N4O2S/c1-8(11-15-14-9(2)18-11)16-4-5-17-10(7-16)12-13-3-6-19-12/h3,6,8,10H,4-5,7H2,1-2H3/t8-,10+/m0/s1. The lowest BCUT2D eigenvalue weighted by Gasteiger charge is -2.34. The van der Waals surface area contributed by atoms with Gasteiger partial charge in [0.15, 0.2) is 0 Å². The van der Waals surface area contributed by atoms with Crippen molar-refractivity contribution in [1.29, 1.82) is 0 Å². The first-order valence-electron chi connectivity index (χ1n) is 6.29. The van der Waals surface area contributed by atoms with Crippen molar-refractivity contribution in [2.45, 2.75) is 26.0 Å². The number of ether oxygens (including phenoxy) is 1. The van der Waals surface area contributed by atoms with E-state index in [1.165, 1.54) is 0 Å². The van der Waals surface area contributed by atoms with Crippen LogP contribution in [0.3, 0.4) is 0 Å². The maximum absolute atomic E-state index is 5.78. The van der Waals surface area contributed by atoms with Crippen LogP contribution < -0.4 is 0 Å². The molecule has 7 heteroatoms. The molecule has 1 saturated heterocycles. The molecule has 3 heterocycles. The molecule has 0 aromatic carbocycles. The number of aromatic nitrogens is 3. The summed E-state index contributed by atoms with van der Waals surface area (Å²) < 4.78 is 11.3. The highest BCUT2D eigenvalue weighted by molar-refractivity contribution is 7.09. The summed E-state index contributed by atoms with van der Waals surface area (Å²) in [6, 6.07) is 0.104. The Labute approximate surface area is 115 Å². The molecular weight excluding hydrogens is 264 g/mol. The lowest BCUT2D eigenvalue weighted by molar-refractivity contribution is -0.0465. The van der Waals surface area contributed by atoms with Crippen molar-refractivity contribution in [1.82, 2.24) is 20.1 Å². The molecule has 0 aliphatic carbocycles. The van der Waals surface area contributed by atoms with E-state index in [0.29, 0.717) is 18.4 Å². The average Bonchev–Trinajstić information content (AvgIpc) is 3.09. The van der Waals surface area contributed by atoms with Crippen LogP contribution in [-0.4, -0.2) is 39.8 Å². The fourth-order valence-electron chi connectivity index (χ4n) is 2.20. The summed E-state index contributed by atoms with van der Waals surface area (Å²) in [6.45, 7) is 6.25. The molecule has 0 bridgehead atoms. The van der Waals surface area contributed by atoms with E-state index >= 15 is 0 Å². The smallest absolute Gasteiger partial charge is 0.233 e. The fourth-order valence-corrected chi connectivity index (χ4v) is 2.88. The van der Waals surface area contributed by atoms with Gasteiger partial charge in [0.25, 0.3) is 0 Å². The van der Waals surface area contributed by atoms with Crippen LogP contribution in [0.2, 0.25) is 0 Å². The van der Waals surface area contributed by atoms with E-state index in [4.69, 9.17) is 9.15 Å². The highest BCUT2D eigenvalue weighted by Gasteiger charge is 2.29. The first-order valence-corrected chi connectivity index (χ1v) is 7.17. The molecule has 0 spiro atoms. The minimum Gasteiger partial charge on any atom is -0.424 e. The molecule has 0 radical (unpaired) electrons. The van der Waals surface area contributed by atoms with Gasteiger partial charge in [-0.1, -0.05) is 0 Å². The van der Waals surface area contributed by atoms with Crippen LogP contribution >= 0.6 is 11.3 Å². The van der Waals surface area contributed by atoms with Crippen LogP contribution in [-0.2, 0) is 4.74 Å². The average molecular weight is 280 g/mol. The zero-order valence-corrected chi connectivity index (χ0v) is 11.8. The molecule has 1 fully saturated rings. The first kappa shape index (κ1) is 12.7. The molecule has 102 valence electrons. The summed E-state index contributed by atoms with van der Waals surface area (Å²) >= 11 is 1.63. The van der Waals surface area contributed by atoms with E-state index < -0.39 is 0 Å². The molecule has 3 rings (SSSR count). The Bertz CT molecular complexity index is 528. The van der Waals surface area contributed by atoms with Crippen LogP contribution in [0.4, 0.5) is 0 Å². The third-order valence-electron chi connectivity index (χ3n) is 3.27. The van der Waals surface area contributed by atoms with Crippen molar-refractivity contribution in [2.24, 2.45) is 0 Å². The summed E-state index contributed by atoms with van der Waals surface area (Å²) in [6.07, 6.45) is 1.85. The van der Waals surface area contributed by atoms with Gasteiger partial charge in [0.2, 0.25) is 11.8 Å². The molecule has 2 atom stereocenters. The SMILES string of the molecule is Cc1nnc([C@H](C)N2CCO[C@@H](c3nccs3)C2)o1. The van der Waals surface area contributed by atoms with E-state index in [2.05, 4.69) is 27.0 Å². The van der Waals surface area contributed by atoms with Gasteiger partial charge in [-0.3, -0.25) is 4.90 Å². The minimum absolute atomic E-state index is 0.0419. The predicted molar refractivity (Wildman–Crippen MR) is 69.8 cm³/mol. The van der Waals surface area contributed by atoms with E-state index in [9.17, 15) is 0 Å². The first-order chi connectivity index (χ1) is 9.24. The Morgan fingerprint density at radius 3 is 3.05 bits per heavy atom. The number of hydrogen-bond donors (Lipinski definition) is 0. The summed E-state index contributed by atoms with van der Waals surface area (Å²) in [5, 5.41) is 11.0. The van der Waals surface area contributed by atoms with E-state index in [-0.39, 0.29) is 12.1 Å². The van der Waals surface area contributed by atoms with Gasteiger partial charge in [0.05, 0.1) is 12.6 Å². The molecule has 0 saturated carbocycles. The second-order valence-corrected chi connectivity index (χ2v) is 5.49. The van der Waals surface area contributed by atoms with Gasteiger partial charge in [0.1, 0.15) is 11.1 Å². The highest BCUT2D eigenvalue weighted by atomic mass is 32.1. The van der Waals surface area contributed by atoms with Crippen molar-refractivity contribution in [3.63, 3.8) is 0 Å². The minimum atomic E-state index is 0.0419. The van der Waals surface area contributed by atoms with E-state index in [0.717, 1.165) is 18.1 Å². The Morgan fingerprint density at radius 1 is 1.47 bits per heavy atom. The Balaban J connectivity index is 1.71. The van der Waals surface area contributed by atoms with Crippen molar-refractivity contribution in [2.75, 3.05) is 19.7 Å². The van der Waals surface area contributed by atoms with Gasteiger partial charge in [-0.15, -0.1) is 21.5 Å². The van der Waals surface area contributed by atoms with Crippen LogP contribution in [0.25, 0.3) is 0 Å². The summed E-state index contributed by atoms with van der Waals surface area (Å²) in [5.74, 6) is 1.27. The number of nitrogens with zero attached hydrogens (tertiary/aromatic N) is 4. The van der Waals surface area contributed by atoms with Crippen LogP contribution in [0.1, 0.15) is 35.9 Å². The maximum Gasteiger partial charge on any atom is 0.233 e. The third-order valence-corrected chi connectivity index (χ3v) is 4.14. The normalized spacial score (nSPS) is 22.5. The number of hydrogen-bond acceptors (Lipinski definition) is 7. The molecule has 6 nitrogen and oxygen atoms in total. The maximum atomic E-state index is 5.78. The number of rotatable bonds is 3. The zero-order chi connectivity index (χ0) is 13.2. The third kappa shape index (κ3) is 2.68. The lowest BCUT2D eigenvalue weighted by atomic mass is 10.2. The number of morpholine rings is 1. The Kier molecular flexibility index (Phi) is 3.58.